The molecule has 0 bridgehead atoms. The number of hydrogen-bond donors (Lipinski definition) is 0. The van der Waals surface area contributed by atoms with Crippen molar-refractivity contribution in [2.24, 2.45) is 0 Å². The van der Waals surface area contributed by atoms with Crippen LogP contribution in [-0.4, -0.2) is 57.5 Å². The van der Waals surface area contributed by atoms with Gasteiger partial charge in [-0.3, -0.25) is 9.36 Å². The number of piperazine rings is 1. The molecule has 7 heteroatoms. The zero-order valence-corrected chi connectivity index (χ0v) is 20.9. The Bertz CT molecular complexity index is 1290. The van der Waals surface area contributed by atoms with Crippen LogP contribution in [0.2, 0.25) is 0 Å². The van der Waals surface area contributed by atoms with E-state index in [1.807, 2.05) is 39.8 Å². The molecule has 178 valence electrons. The predicted octanol–water partition coefficient (Wildman–Crippen LogP) is 4.99. The van der Waals surface area contributed by atoms with E-state index in [1.165, 1.54) is 28.6 Å². The minimum absolute atomic E-state index is 0.138. The third-order valence-electron chi connectivity index (χ3n) is 6.28. The summed E-state index contributed by atoms with van der Waals surface area (Å²) >= 11 is 1.45. The minimum Gasteiger partial charge on any atom is -0.368 e. The smallest absolute Gasteiger partial charge is 0.233 e. The summed E-state index contributed by atoms with van der Waals surface area (Å²) in [5.41, 5.74) is 5.65. The van der Waals surface area contributed by atoms with Crippen molar-refractivity contribution < 1.29 is 4.79 Å². The van der Waals surface area contributed by atoms with Crippen molar-refractivity contribution in [2.45, 2.75) is 19.0 Å². The third kappa shape index (κ3) is 5.25. The van der Waals surface area contributed by atoms with Crippen LogP contribution in [0.3, 0.4) is 0 Å². The average molecular weight is 484 g/mol. The van der Waals surface area contributed by atoms with Gasteiger partial charge in [-0.2, -0.15) is 0 Å². The Balaban J connectivity index is 1.29. The van der Waals surface area contributed by atoms with Gasteiger partial charge in [0.15, 0.2) is 11.0 Å². The van der Waals surface area contributed by atoms with E-state index in [4.69, 9.17) is 0 Å². The monoisotopic (exact) mass is 483 g/mol. The maximum absolute atomic E-state index is 13.1. The summed E-state index contributed by atoms with van der Waals surface area (Å²) in [5, 5.41) is 9.67. The highest BCUT2D eigenvalue weighted by Crippen LogP contribution is 2.28. The van der Waals surface area contributed by atoms with Crippen molar-refractivity contribution in [3.8, 4) is 17.1 Å². The summed E-state index contributed by atoms with van der Waals surface area (Å²) < 4.78 is 2.04. The zero-order chi connectivity index (χ0) is 24.2. The summed E-state index contributed by atoms with van der Waals surface area (Å²) in [7, 11) is 0. The molecule has 6 nitrogen and oxygen atoms in total. The molecule has 2 heterocycles. The standard InChI is InChI=1S/C28H29N5OS/c1-21-11-13-24(14-12-21)33-27(23-8-4-3-5-9-23)29-30-28(33)35-20-26(34)32-17-15-31(16-18-32)25-10-6-7-22(2)19-25/h3-14,19H,15-18,20H2,1-2H3. The molecule has 1 saturated heterocycles. The molecule has 0 atom stereocenters. The number of thioether (sulfide) groups is 1. The summed E-state index contributed by atoms with van der Waals surface area (Å²) in [6.07, 6.45) is 0. The lowest BCUT2D eigenvalue weighted by molar-refractivity contribution is -0.128. The number of carbonyl (C=O) groups is 1. The molecule has 0 aliphatic carbocycles. The molecular weight excluding hydrogens is 454 g/mol. The molecule has 0 radical (unpaired) electrons. The van der Waals surface area contributed by atoms with E-state index < -0.39 is 0 Å². The molecular formula is C28H29N5OS. The van der Waals surface area contributed by atoms with E-state index in [0.717, 1.165) is 48.4 Å². The Kier molecular flexibility index (Phi) is 6.86. The molecule has 0 saturated carbocycles. The van der Waals surface area contributed by atoms with Crippen LogP contribution in [0, 0.1) is 13.8 Å². The first-order chi connectivity index (χ1) is 17.1. The fourth-order valence-corrected chi connectivity index (χ4v) is 5.18. The Labute approximate surface area is 210 Å². The number of aromatic nitrogens is 3. The molecule has 0 N–H and O–H groups in total. The van der Waals surface area contributed by atoms with Gasteiger partial charge >= 0.3 is 0 Å². The van der Waals surface area contributed by atoms with Crippen LogP contribution in [0.15, 0.2) is 84.0 Å². The summed E-state index contributed by atoms with van der Waals surface area (Å²) in [6.45, 7) is 7.33. The first-order valence-corrected chi connectivity index (χ1v) is 12.9. The highest BCUT2D eigenvalue weighted by atomic mass is 32.2. The van der Waals surface area contributed by atoms with Crippen molar-refractivity contribution in [1.82, 2.24) is 19.7 Å². The molecule has 0 spiro atoms. The van der Waals surface area contributed by atoms with Gasteiger partial charge in [-0.25, -0.2) is 0 Å². The van der Waals surface area contributed by atoms with Crippen molar-refractivity contribution in [3.05, 3.63) is 90.0 Å². The van der Waals surface area contributed by atoms with Crippen LogP contribution >= 0.6 is 11.8 Å². The van der Waals surface area contributed by atoms with Crippen molar-refractivity contribution in [3.63, 3.8) is 0 Å². The van der Waals surface area contributed by atoms with E-state index in [0.29, 0.717) is 5.75 Å². The SMILES string of the molecule is Cc1ccc(-n2c(SCC(=O)N3CCN(c4cccc(C)c4)CC3)nnc2-c2ccccc2)cc1. The molecule has 1 fully saturated rings. The van der Waals surface area contributed by atoms with Crippen molar-refractivity contribution >= 4 is 23.4 Å². The second-order valence-electron chi connectivity index (χ2n) is 8.84. The van der Waals surface area contributed by atoms with E-state index in [2.05, 4.69) is 77.5 Å². The number of amides is 1. The Morgan fingerprint density at radius 3 is 2.26 bits per heavy atom. The fraction of sp³-hybridized carbons (Fsp3) is 0.250. The van der Waals surface area contributed by atoms with Crippen LogP contribution < -0.4 is 4.90 Å². The average Bonchev–Trinajstić information content (AvgIpc) is 3.32. The molecule has 1 aromatic heterocycles. The maximum Gasteiger partial charge on any atom is 0.233 e. The largest absolute Gasteiger partial charge is 0.368 e. The number of hydrogen-bond acceptors (Lipinski definition) is 5. The van der Waals surface area contributed by atoms with Gasteiger partial charge < -0.3 is 9.80 Å². The zero-order valence-electron chi connectivity index (χ0n) is 20.1. The molecule has 3 aromatic carbocycles. The van der Waals surface area contributed by atoms with Gasteiger partial charge in [-0.1, -0.05) is 71.9 Å². The molecule has 0 unspecified atom stereocenters. The van der Waals surface area contributed by atoms with E-state index in [-0.39, 0.29) is 5.91 Å². The van der Waals surface area contributed by atoms with Crippen LogP contribution in [0.4, 0.5) is 5.69 Å². The Morgan fingerprint density at radius 2 is 1.54 bits per heavy atom. The fourth-order valence-electron chi connectivity index (χ4n) is 4.32. The Hall–Kier alpha value is -3.58. The van der Waals surface area contributed by atoms with Crippen molar-refractivity contribution in [1.29, 1.82) is 0 Å². The van der Waals surface area contributed by atoms with Crippen molar-refractivity contribution in [2.75, 3.05) is 36.8 Å². The van der Waals surface area contributed by atoms with Crippen LogP contribution in [0.25, 0.3) is 17.1 Å². The number of rotatable bonds is 6. The summed E-state index contributed by atoms with van der Waals surface area (Å²) in [4.78, 5) is 17.4. The van der Waals surface area contributed by atoms with Gasteiger partial charge in [0, 0.05) is 43.1 Å². The maximum atomic E-state index is 13.1. The van der Waals surface area contributed by atoms with Crippen LogP contribution in [0.1, 0.15) is 11.1 Å². The lowest BCUT2D eigenvalue weighted by Crippen LogP contribution is -2.49. The van der Waals surface area contributed by atoms with Gasteiger partial charge in [-0.05, 0) is 43.7 Å². The van der Waals surface area contributed by atoms with E-state index >= 15 is 0 Å². The van der Waals surface area contributed by atoms with Crippen LogP contribution in [-0.2, 0) is 4.79 Å². The van der Waals surface area contributed by atoms with Gasteiger partial charge in [0.05, 0.1) is 5.75 Å². The van der Waals surface area contributed by atoms with Crippen LogP contribution in [0.5, 0.6) is 0 Å². The normalized spacial score (nSPS) is 13.8. The second kappa shape index (κ2) is 10.4. The molecule has 4 aromatic rings. The second-order valence-corrected chi connectivity index (χ2v) is 9.78. The van der Waals surface area contributed by atoms with Gasteiger partial charge in [0.25, 0.3) is 0 Å². The minimum atomic E-state index is 0.138. The molecule has 1 amide bonds. The first kappa shape index (κ1) is 23.2. The number of benzene rings is 3. The van der Waals surface area contributed by atoms with Gasteiger partial charge in [0.2, 0.25) is 5.91 Å². The lowest BCUT2D eigenvalue weighted by atomic mass is 10.2. The highest BCUT2D eigenvalue weighted by Gasteiger charge is 2.23. The molecule has 1 aliphatic rings. The highest BCUT2D eigenvalue weighted by molar-refractivity contribution is 7.99. The lowest BCUT2D eigenvalue weighted by Gasteiger charge is -2.36. The van der Waals surface area contributed by atoms with Gasteiger partial charge in [0.1, 0.15) is 0 Å². The number of carbonyl (C=O) groups excluding carboxylic acids is 1. The van der Waals surface area contributed by atoms with E-state index in [1.54, 1.807) is 0 Å². The Morgan fingerprint density at radius 1 is 0.800 bits per heavy atom. The molecule has 5 rings (SSSR count). The third-order valence-corrected chi connectivity index (χ3v) is 7.20. The molecule has 35 heavy (non-hydrogen) atoms. The number of aryl methyl sites for hydroxylation is 2. The number of nitrogens with zero attached hydrogens (tertiary/aromatic N) is 5. The van der Waals surface area contributed by atoms with Gasteiger partial charge in [-0.15, -0.1) is 10.2 Å². The number of anilines is 1. The summed E-state index contributed by atoms with van der Waals surface area (Å²) in [5.74, 6) is 1.25. The molecule has 1 aliphatic heterocycles. The topological polar surface area (TPSA) is 54.3 Å². The quantitative estimate of drug-likeness (QED) is 0.362. The predicted molar refractivity (Wildman–Crippen MR) is 142 cm³/mol. The summed E-state index contributed by atoms with van der Waals surface area (Å²) in [6, 6.07) is 26.9. The van der Waals surface area contributed by atoms with E-state index in [9.17, 15) is 4.79 Å². The first-order valence-electron chi connectivity index (χ1n) is 11.9.